The maximum absolute atomic E-state index is 4.21. The van der Waals surface area contributed by atoms with E-state index in [4.69, 9.17) is 0 Å². The lowest BCUT2D eigenvalue weighted by atomic mass is 10.1. The molecule has 0 aliphatic carbocycles. The SMILES string of the molecule is CCC(C)CNCCc1nnc2ccccn12. The topological polar surface area (TPSA) is 42.2 Å². The van der Waals surface area contributed by atoms with Crippen LogP contribution in [0.4, 0.5) is 0 Å². The van der Waals surface area contributed by atoms with E-state index in [-0.39, 0.29) is 0 Å². The summed E-state index contributed by atoms with van der Waals surface area (Å²) in [6.45, 7) is 6.52. The van der Waals surface area contributed by atoms with Crippen molar-refractivity contribution in [2.45, 2.75) is 26.7 Å². The summed E-state index contributed by atoms with van der Waals surface area (Å²) >= 11 is 0. The van der Waals surface area contributed by atoms with Gasteiger partial charge in [0.25, 0.3) is 0 Å². The highest BCUT2D eigenvalue weighted by molar-refractivity contribution is 5.36. The molecule has 2 heterocycles. The Hall–Kier alpha value is -1.42. The monoisotopic (exact) mass is 232 g/mol. The fourth-order valence-corrected chi connectivity index (χ4v) is 1.75. The van der Waals surface area contributed by atoms with Crippen LogP contribution in [0.3, 0.4) is 0 Å². The van der Waals surface area contributed by atoms with Crippen LogP contribution in [-0.4, -0.2) is 27.7 Å². The highest BCUT2D eigenvalue weighted by atomic mass is 15.2. The number of fused-ring (bicyclic) bond motifs is 1. The third-order valence-corrected chi connectivity index (χ3v) is 3.10. The number of nitrogens with zero attached hydrogens (tertiary/aromatic N) is 3. The third-order valence-electron chi connectivity index (χ3n) is 3.10. The summed E-state index contributed by atoms with van der Waals surface area (Å²) in [5, 5.41) is 11.8. The van der Waals surface area contributed by atoms with Crippen molar-refractivity contribution in [3.8, 4) is 0 Å². The Morgan fingerprint density at radius 2 is 2.24 bits per heavy atom. The van der Waals surface area contributed by atoms with Crippen LogP contribution in [0.5, 0.6) is 0 Å². The van der Waals surface area contributed by atoms with E-state index in [9.17, 15) is 0 Å². The van der Waals surface area contributed by atoms with Gasteiger partial charge in [-0.25, -0.2) is 0 Å². The molecular formula is C13H20N4. The van der Waals surface area contributed by atoms with E-state index in [1.807, 2.05) is 28.8 Å². The van der Waals surface area contributed by atoms with Crippen LogP contribution in [0.25, 0.3) is 5.65 Å². The summed E-state index contributed by atoms with van der Waals surface area (Å²) in [4.78, 5) is 0. The van der Waals surface area contributed by atoms with Crippen molar-refractivity contribution in [3.05, 3.63) is 30.2 Å². The zero-order chi connectivity index (χ0) is 12.1. The fraction of sp³-hybridized carbons (Fsp3) is 0.538. The summed E-state index contributed by atoms with van der Waals surface area (Å²) in [6, 6.07) is 5.96. The van der Waals surface area contributed by atoms with E-state index in [0.29, 0.717) is 0 Å². The molecule has 2 aromatic rings. The van der Waals surface area contributed by atoms with Gasteiger partial charge >= 0.3 is 0 Å². The van der Waals surface area contributed by atoms with Crippen LogP contribution in [0, 0.1) is 5.92 Å². The maximum Gasteiger partial charge on any atom is 0.160 e. The first kappa shape index (κ1) is 12.0. The molecule has 1 N–H and O–H groups in total. The molecule has 1 atom stereocenters. The molecule has 0 fully saturated rings. The van der Waals surface area contributed by atoms with Gasteiger partial charge in [-0.2, -0.15) is 0 Å². The number of hydrogen-bond acceptors (Lipinski definition) is 3. The van der Waals surface area contributed by atoms with E-state index >= 15 is 0 Å². The van der Waals surface area contributed by atoms with Crippen LogP contribution < -0.4 is 5.32 Å². The minimum atomic E-state index is 0.741. The zero-order valence-electron chi connectivity index (χ0n) is 10.6. The van der Waals surface area contributed by atoms with Crippen LogP contribution in [0.1, 0.15) is 26.1 Å². The molecular weight excluding hydrogens is 212 g/mol. The molecule has 0 saturated heterocycles. The van der Waals surface area contributed by atoms with Crippen LogP contribution in [-0.2, 0) is 6.42 Å². The Morgan fingerprint density at radius 3 is 3.06 bits per heavy atom. The lowest BCUT2D eigenvalue weighted by molar-refractivity contribution is 0.500. The lowest BCUT2D eigenvalue weighted by Gasteiger charge is -2.09. The normalized spacial score (nSPS) is 13.1. The molecule has 0 aromatic carbocycles. The number of rotatable bonds is 6. The average molecular weight is 232 g/mol. The quantitative estimate of drug-likeness (QED) is 0.774. The first-order chi connectivity index (χ1) is 8.31. The van der Waals surface area contributed by atoms with Gasteiger partial charge in [0.05, 0.1) is 0 Å². The van der Waals surface area contributed by atoms with Crippen molar-refractivity contribution in [1.29, 1.82) is 0 Å². The highest BCUT2D eigenvalue weighted by Crippen LogP contribution is 2.03. The van der Waals surface area contributed by atoms with Gasteiger partial charge in [-0.05, 0) is 24.6 Å². The minimum Gasteiger partial charge on any atom is -0.316 e. The van der Waals surface area contributed by atoms with Crippen LogP contribution in [0.15, 0.2) is 24.4 Å². The number of nitrogens with one attached hydrogen (secondary N) is 1. The zero-order valence-corrected chi connectivity index (χ0v) is 10.6. The maximum atomic E-state index is 4.21. The van der Waals surface area contributed by atoms with Gasteiger partial charge < -0.3 is 5.32 Å². The van der Waals surface area contributed by atoms with Crippen molar-refractivity contribution in [2.24, 2.45) is 5.92 Å². The van der Waals surface area contributed by atoms with Crippen molar-refractivity contribution >= 4 is 5.65 Å². The van der Waals surface area contributed by atoms with Gasteiger partial charge in [-0.3, -0.25) is 4.40 Å². The first-order valence-electron chi connectivity index (χ1n) is 6.30. The predicted molar refractivity (Wildman–Crippen MR) is 69.0 cm³/mol. The molecule has 0 spiro atoms. The molecule has 4 nitrogen and oxygen atoms in total. The fourth-order valence-electron chi connectivity index (χ4n) is 1.75. The van der Waals surface area contributed by atoms with Crippen molar-refractivity contribution in [2.75, 3.05) is 13.1 Å². The molecule has 92 valence electrons. The Kier molecular flexibility index (Phi) is 4.09. The second kappa shape index (κ2) is 5.77. The molecule has 0 saturated carbocycles. The molecule has 1 unspecified atom stereocenters. The summed E-state index contributed by atoms with van der Waals surface area (Å²) in [5.41, 5.74) is 0.921. The van der Waals surface area contributed by atoms with Gasteiger partial charge in [0, 0.05) is 19.2 Å². The highest BCUT2D eigenvalue weighted by Gasteiger charge is 2.04. The van der Waals surface area contributed by atoms with E-state index in [1.54, 1.807) is 0 Å². The third kappa shape index (κ3) is 3.03. The number of pyridine rings is 1. The van der Waals surface area contributed by atoms with Gasteiger partial charge in [-0.1, -0.05) is 26.3 Å². The molecule has 4 heteroatoms. The Morgan fingerprint density at radius 1 is 1.35 bits per heavy atom. The van der Waals surface area contributed by atoms with Crippen LogP contribution in [0.2, 0.25) is 0 Å². The second-order valence-corrected chi connectivity index (χ2v) is 4.51. The second-order valence-electron chi connectivity index (χ2n) is 4.51. The average Bonchev–Trinajstić information content (AvgIpc) is 2.78. The Bertz CT molecular complexity index is 463. The summed E-state index contributed by atoms with van der Waals surface area (Å²) in [6.07, 6.45) is 4.15. The summed E-state index contributed by atoms with van der Waals surface area (Å²) < 4.78 is 2.05. The van der Waals surface area contributed by atoms with Gasteiger partial charge in [-0.15, -0.1) is 10.2 Å². The number of hydrogen-bond donors (Lipinski definition) is 1. The van der Waals surface area contributed by atoms with E-state index in [2.05, 4.69) is 29.4 Å². The largest absolute Gasteiger partial charge is 0.316 e. The van der Waals surface area contributed by atoms with E-state index in [0.717, 1.165) is 36.9 Å². The Balaban J connectivity index is 1.87. The first-order valence-corrected chi connectivity index (χ1v) is 6.30. The molecule has 0 bridgehead atoms. The van der Waals surface area contributed by atoms with Gasteiger partial charge in [0.15, 0.2) is 5.65 Å². The van der Waals surface area contributed by atoms with E-state index < -0.39 is 0 Å². The van der Waals surface area contributed by atoms with E-state index in [1.165, 1.54) is 6.42 Å². The van der Waals surface area contributed by atoms with Crippen LogP contribution >= 0.6 is 0 Å². The molecule has 0 aliphatic rings. The molecule has 2 aromatic heterocycles. The molecule has 2 rings (SSSR count). The summed E-state index contributed by atoms with van der Waals surface area (Å²) in [5.74, 6) is 1.77. The lowest BCUT2D eigenvalue weighted by Crippen LogP contribution is -2.23. The molecule has 0 aliphatic heterocycles. The Labute approximate surface area is 102 Å². The standard InChI is InChI=1S/C13H20N4/c1-3-11(2)10-14-8-7-13-16-15-12-6-4-5-9-17(12)13/h4-6,9,11,14H,3,7-8,10H2,1-2H3. The van der Waals surface area contributed by atoms with Gasteiger partial charge in [0.1, 0.15) is 5.82 Å². The molecule has 0 amide bonds. The molecule has 17 heavy (non-hydrogen) atoms. The van der Waals surface area contributed by atoms with Crippen molar-refractivity contribution < 1.29 is 0 Å². The number of aromatic nitrogens is 3. The molecule has 0 radical (unpaired) electrons. The van der Waals surface area contributed by atoms with Gasteiger partial charge in [0.2, 0.25) is 0 Å². The summed E-state index contributed by atoms with van der Waals surface area (Å²) in [7, 11) is 0. The predicted octanol–water partition coefficient (Wildman–Crippen LogP) is 1.91. The van der Waals surface area contributed by atoms with Crippen molar-refractivity contribution in [3.63, 3.8) is 0 Å². The van der Waals surface area contributed by atoms with Crippen molar-refractivity contribution in [1.82, 2.24) is 19.9 Å². The minimum absolute atomic E-state index is 0.741. The smallest absolute Gasteiger partial charge is 0.160 e.